The number of carbonyl (C=O) groups excluding carboxylic acids is 3. The number of amides is 3. The quantitative estimate of drug-likeness (QED) is 0.413. The number of rotatable bonds is 10. The minimum absolute atomic E-state index is 0.0566. The minimum Gasteiger partial charge on any atom is -0.444 e. The van der Waals surface area contributed by atoms with Crippen LogP contribution in [0.25, 0.3) is 6.08 Å². The van der Waals surface area contributed by atoms with E-state index in [0.29, 0.717) is 18.5 Å². The van der Waals surface area contributed by atoms with Crippen molar-refractivity contribution in [1.29, 1.82) is 0 Å². The van der Waals surface area contributed by atoms with Gasteiger partial charge in [-0.15, -0.1) is 0 Å². The Morgan fingerprint density at radius 1 is 1.18 bits per heavy atom. The van der Waals surface area contributed by atoms with Crippen LogP contribution in [0.3, 0.4) is 0 Å². The molecule has 34 heavy (non-hydrogen) atoms. The summed E-state index contributed by atoms with van der Waals surface area (Å²) in [5, 5.41) is 5.63. The number of benzene rings is 1. The summed E-state index contributed by atoms with van der Waals surface area (Å²) < 4.78 is 5.32. The molecule has 0 spiro atoms. The van der Waals surface area contributed by atoms with E-state index in [0.717, 1.165) is 12.0 Å². The molecule has 0 aromatic heterocycles. The predicted octanol–water partition coefficient (Wildman–Crippen LogP) is 4.74. The van der Waals surface area contributed by atoms with Gasteiger partial charge in [0.1, 0.15) is 17.7 Å². The molecular weight excluding hydrogens is 450 g/mol. The monoisotopic (exact) mass is 491 g/mol. The highest BCUT2D eigenvalue weighted by molar-refractivity contribution is 7.80. The zero-order chi connectivity index (χ0) is 26.1. The van der Waals surface area contributed by atoms with Gasteiger partial charge in [-0.2, -0.15) is 12.6 Å². The third kappa shape index (κ3) is 9.79. The first-order valence-electron chi connectivity index (χ1n) is 11.7. The highest BCUT2D eigenvalue weighted by Gasteiger charge is 2.36. The normalized spacial score (nSPS) is 13.4. The summed E-state index contributed by atoms with van der Waals surface area (Å²) in [6.45, 7) is 17.1. The predicted molar refractivity (Wildman–Crippen MR) is 141 cm³/mol. The third-order valence-corrected chi connectivity index (χ3v) is 5.09. The second-order valence-corrected chi connectivity index (χ2v) is 10.6. The van der Waals surface area contributed by atoms with Crippen molar-refractivity contribution in [1.82, 2.24) is 15.5 Å². The fourth-order valence-electron chi connectivity index (χ4n) is 3.30. The fraction of sp³-hybridized carbons (Fsp3) is 0.577. The number of alkyl carbamates (subject to hydrolysis) is 1. The number of carbonyl (C=O) groups is 3. The summed E-state index contributed by atoms with van der Waals surface area (Å²) in [6, 6.07) is 5.55. The number of hydrogen-bond donors (Lipinski definition) is 3. The van der Waals surface area contributed by atoms with Gasteiger partial charge in [-0.1, -0.05) is 44.2 Å². The second kappa shape index (κ2) is 12.8. The second-order valence-electron chi connectivity index (χ2n) is 10.3. The van der Waals surface area contributed by atoms with Crippen LogP contribution in [0.1, 0.15) is 78.5 Å². The van der Waals surface area contributed by atoms with Crippen molar-refractivity contribution in [2.24, 2.45) is 0 Å². The van der Waals surface area contributed by atoms with Crippen LogP contribution in [-0.2, 0) is 14.3 Å². The molecular formula is C26H41N3O4S. The van der Waals surface area contributed by atoms with Gasteiger partial charge in [0.05, 0.1) is 0 Å². The van der Waals surface area contributed by atoms with E-state index < -0.39 is 35.2 Å². The van der Waals surface area contributed by atoms with Crippen LogP contribution < -0.4 is 10.6 Å². The van der Waals surface area contributed by atoms with E-state index in [9.17, 15) is 14.4 Å². The molecule has 1 rings (SSSR count). The van der Waals surface area contributed by atoms with Crippen molar-refractivity contribution in [2.75, 3.05) is 12.3 Å². The van der Waals surface area contributed by atoms with Crippen LogP contribution in [0.15, 0.2) is 30.8 Å². The molecule has 0 saturated carbocycles. The lowest BCUT2D eigenvalue weighted by molar-refractivity contribution is -0.142. The summed E-state index contributed by atoms with van der Waals surface area (Å²) in [5.74, 6) is -0.637. The van der Waals surface area contributed by atoms with E-state index in [2.05, 4.69) is 29.8 Å². The van der Waals surface area contributed by atoms with Gasteiger partial charge in [0.15, 0.2) is 0 Å². The molecule has 1 aromatic carbocycles. The highest BCUT2D eigenvalue weighted by Crippen LogP contribution is 2.25. The van der Waals surface area contributed by atoms with Crippen molar-refractivity contribution in [3.05, 3.63) is 42.0 Å². The van der Waals surface area contributed by atoms with Crippen molar-refractivity contribution in [3.8, 4) is 0 Å². The Labute approximate surface area is 210 Å². The van der Waals surface area contributed by atoms with E-state index >= 15 is 0 Å². The van der Waals surface area contributed by atoms with Crippen LogP contribution in [0, 0.1) is 0 Å². The lowest BCUT2D eigenvalue weighted by atomic mass is 9.98. The molecule has 0 heterocycles. The SMILES string of the molecule is C=Cc1cccc(C(C(=O)NC(C)(C)C)N(CCCC)C(=O)C(CS)NC(=O)OC(C)(C)C)c1. The highest BCUT2D eigenvalue weighted by atomic mass is 32.1. The topological polar surface area (TPSA) is 87.7 Å². The van der Waals surface area contributed by atoms with Crippen LogP contribution >= 0.6 is 12.6 Å². The molecule has 0 aliphatic heterocycles. The molecule has 0 fully saturated rings. The molecule has 0 bridgehead atoms. The number of nitrogens with one attached hydrogen (secondary N) is 2. The maximum absolute atomic E-state index is 13.7. The van der Waals surface area contributed by atoms with E-state index in [1.807, 2.05) is 52.0 Å². The minimum atomic E-state index is -0.956. The van der Waals surface area contributed by atoms with Crippen molar-refractivity contribution >= 4 is 36.6 Å². The lowest BCUT2D eigenvalue weighted by Gasteiger charge is -2.36. The van der Waals surface area contributed by atoms with E-state index in [1.165, 1.54) is 4.90 Å². The third-order valence-electron chi connectivity index (χ3n) is 4.73. The summed E-state index contributed by atoms with van der Waals surface area (Å²) in [7, 11) is 0. The van der Waals surface area contributed by atoms with E-state index in [4.69, 9.17) is 4.74 Å². The molecule has 2 N–H and O–H groups in total. The molecule has 0 aliphatic carbocycles. The summed E-state index contributed by atoms with van der Waals surface area (Å²) in [4.78, 5) is 41.2. The van der Waals surface area contributed by atoms with Crippen LogP contribution in [0.5, 0.6) is 0 Å². The molecule has 7 nitrogen and oxygen atoms in total. The average molecular weight is 492 g/mol. The molecule has 1 aromatic rings. The summed E-state index contributed by atoms with van der Waals surface area (Å²) >= 11 is 4.30. The Morgan fingerprint density at radius 3 is 2.32 bits per heavy atom. The van der Waals surface area contributed by atoms with Gasteiger partial charge < -0.3 is 20.3 Å². The lowest BCUT2D eigenvalue weighted by Crippen LogP contribution is -2.55. The smallest absolute Gasteiger partial charge is 0.408 e. The van der Waals surface area contributed by atoms with Gasteiger partial charge in [-0.05, 0) is 65.2 Å². The van der Waals surface area contributed by atoms with E-state index in [1.54, 1.807) is 26.8 Å². The van der Waals surface area contributed by atoms with Crippen LogP contribution in [0.4, 0.5) is 4.79 Å². The largest absolute Gasteiger partial charge is 0.444 e. The van der Waals surface area contributed by atoms with Crippen LogP contribution in [0.2, 0.25) is 0 Å². The Balaban J connectivity index is 3.45. The first-order chi connectivity index (χ1) is 15.7. The van der Waals surface area contributed by atoms with Crippen LogP contribution in [-0.4, -0.2) is 52.3 Å². The molecule has 0 saturated heterocycles. The van der Waals surface area contributed by atoms with Crippen molar-refractivity contribution in [2.45, 2.75) is 84.5 Å². The molecule has 8 heteroatoms. The zero-order valence-electron chi connectivity index (χ0n) is 21.6. The molecule has 190 valence electrons. The number of ether oxygens (including phenoxy) is 1. The standard InChI is InChI=1S/C26H41N3O4S/c1-9-11-15-29(23(31)20(17-34)27-24(32)33-26(6,7)8)21(22(30)28-25(3,4)5)19-14-12-13-18(10-2)16-19/h10,12-14,16,20-21,34H,2,9,11,15,17H2,1,3-8H3,(H,27,32)(H,28,30). The first kappa shape index (κ1) is 29.6. The Hall–Kier alpha value is -2.48. The summed E-state index contributed by atoms with van der Waals surface area (Å²) in [6.07, 6.45) is 2.51. The molecule has 0 radical (unpaired) electrons. The average Bonchev–Trinajstić information content (AvgIpc) is 2.71. The number of thiol groups is 1. The number of unbranched alkanes of at least 4 members (excludes halogenated alkanes) is 1. The first-order valence-corrected chi connectivity index (χ1v) is 12.3. The number of hydrogen-bond acceptors (Lipinski definition) is 5. The summed E-state index contributed by atoms with van der Waals surface area (Å²) in [5.41, 5.74) is 0.296. The van der Waals surface area contributed by atoms with Crippen molar-refractivity contribution < 1.29 is 19.1 Å². The van der Waals surface area contributed by atoms with Gasteiger partial charge in [-0.3, -0.25) is 9.59 Å². The maximum Gasteiger partial charge on any atom is 0.408 e. The van der Waals surface area contributed by atoms with Gasteiger partial charge in [0, 0.05) is 17.8 Å². The van der Waals surface area contributed by atoms with Crippen molar-refractivity contribution in [3.63, 3.8) is 0 Å². The maximum atomic E-state index is 13.7. The zero-order valence-corrected chi connectivity index (χ0v) is 22.5. The van der Waals surface area contributed by atoms with Gasteiger partial charge in [-0.25, -0.2) is 4.79 Å². The fourth-order valence-corrected chi connectivity index (χ4v) is 3.54. The van der Waals surface area contributed by atoms with E-state index in [-0.39, 0.29) is 11.7 Å². The molecule has 2 atom stereocenters. The van der Waals surface area contributed by atoms with Gasteiger partial charge in [0.2, 0.25) is 11.8 Å². The molecule has 2 unspecified atom stereocenters. The van der Waals surface area contributed by atoms with Gasteiger partial charge in [0.25, 0.3) is 0 Å². The number of nitrogens with zero attached hydrogens (tertiary/aromatic N) is 1. The Morgan fingerprint density at radius 2 is 1.82 bits per heavy atom. The van der Waals surface area contributed by atoms with Gasteiger partial charge >= 0.3 is 6.09 Å². The Bertz CT molecular complexity index is 858. The molecule has 0 aliphatic rings. The Kier molecular flexibility index (Phi) is 11.2. The molecule has 3 amide bonds.